The smallest absolute Gasteiger partial charge is 0.307 e. The van der Waals surface area contributed by atoms with Crippen LogP contribution < -0.4 is 4.74 Å². The van der Waals surface area contributed by atoms with Gasteiger partial charge in [-0.15, -0.1) is 0 Å². The van der Waals surface area contributed by atoms with Gasteiger partial charge in [-0.05, 0) is 96.2 Å². The van der Waals surface area contributed by atoms with Crippen LogP contribution in [0, 0.1) is 25.6 Å². The van der Waals surface area contributed by atoms with Crippen molar-refractivity contribution in [3.8, 4) is 16.9 Å². The van der Waals surface area contributed by atoms with E-state index in [2.05, 4.69) is 32.0 Å². The molecule has 4 heteroatoms. The summed E-state index contributed by atoms with van der Waals surface area (Å²) in [5.41, 5.74) is 7.71. The molecule has 1 N–H and O–H groups in total. The van der Waals surface area contributed by atoms with Crippen molar-refractivity contribution in [3.05, 3.63) is 88.2 Å². The first-order valence-electron chi connectivity index (χ1n) is 11.3. The van der Waals surface area contributed by atoms with Crippen LogP contribution in [0.25, 0.3) is 11.1 Å². The maximum Gasteiger partial charge on any atom is 0.307 e. The normalized spacial score (nSPS) is 21.3. The van der Waals surface area contributed by atoms with Gasteiger partial charge in [-0.3, -0.25) is 4.79 Å². The Morgan fingerprint density at radius 3 is 2.44 bits per heavy atom. The quantitative estimate of drug-likeness (QED) is 0.492. The van der Waals surface area contributed by atoms with Crippen LogP contribution in [-0.2, 0) is 11.2 Å². The first kappa shape index (κ1) is 20.7. The minimum atomic E-state index is -0.725. The zero-order valence-corrected chi connectivity index (χ0v) is 18.4. The fraction of sp³-hybridized carbons (Fsp3) is 0.321. The molecule has 0 amide bonds. The summed E-state index contributed by atoms with van der Waals surface area (Å²) in [6.07, 6.45) is 2.42. The number of halogens is 1. The monoisotopic (exact) mass is 430 g/mol. The van der Waals surface area contributed by atoms with Gasteiger partial charge in [0.25, 0.3) is 0 Å². The van der Waals surface area contributed by atoms with E-state index in [1.807, 2.05) is 30.3 Å². The highest BCUT2D eigenvalue weighted by atomic mass is 19.1. The highest BCUT2D eigenvalue weighted by molar-refractivity contribution is 5.76. The molecule has 32 heavy (non-hydrogen) atoms. The van der Waals surface area contributed by atoms with Crippen molar-refractivity contribution in [1.82, 2.24) is 0 Å². The summed E-state index contributed by atoms with van der Waals surface area (Å²) in [5, 5.41) is 9.11. The van der Waals surface area contributed by atoms with Crippen molar-refractivity contribution in [2.45, 2.75) is 44.9 Å². The van der Waals surface area contributed by atoms with Crippen LogP contribution in [0.2, 0.25) is 0 Å². The van der Waals surface area contributed by atoms with Gasteiger partial charge in [-0.2, -0.15) is 0 Å². The summed E-state index contributed by atoms with van der Waals surface area (Å²) >= 11 is 0. The Kier molecular flexibility index (Phi) is 5.24. The second kappa shape index (κ2) is 8.09. The van der Waals surface area contributed by atoms with E-state index in [1.165, 1.54) is 16.7 Å². The van der Waals surface area contributed by atoms with Crippen molar-refractivity contribution in [3.63, 3.8) is 0 Å². The van der Waals surface area contributed by atoms with Crippen LogP contribution in [0.3, 0.4) is 0 Å². The Hall–Kier alpha value is -3.14. The number of carboxylic acids is 1. The maximum atomic E-state index is 14.9. The minimum Gasteiger partial charge on any atom is -0.493 e. The summed E-state index contributed by atoms with van der Waals surface area (Å²) in [6.45, 7) is 4.65. The molecule has 3 nitrogen and oxygen atoms in total. The fourth-order valence-electron chi connectivity index (χ4n) is 5.29. The van der Waals surface area contributed by atoms with Crippen molar-refractivity contribution in [2.75, 3.05) is 6.61 Å². The summed E-state index contributed by atoms with van der Waals surface area (Å²) in [7, 11) is 0. The summed E-state index contributed by atoms with van der Waals surface area (Å²) < 4.78 is 21.0. The molecule has 3 aromatic carbocycles. The van der Waals surface area contributed by atoms with E-state index >= 15 is 0 Å². The molecule has 164 valence electrons. The third-order valence-electron chi connectivity index (χ3n) is 7.07. The van der Waals surface area contributed by atoms with Gasteiger partial charge < -0.3 is 9.84 Å². The lowest BCUT2D eigenvalue weighted by molar-refractivity contribution is -0.138. The van der Waals surface area contributed by atoms with Crippen molar-refractivity contribution < 1.29 is 19.0 Å². The lowest BCUT2D eigenvalue weighted by atomic mass is 9.89. The highest BCUT2D eigenvalue weighted by Crippen LogP contribution is 2.48. The molecule has 0 saturated heterocycles. The number of hydrogen-bond acceptors (Lipinski definition) is 2. The Balaban J connectivity index is 1.34. The number of aliphatic carboxylic acids is 1. The van der Waals surface area contributed by atoms with Crippen LogP contribution in [0.4, 0.5) is 4.39 Å². The molecule has 0 bridgehead atoms. The first-order chi connectivity index (χ1) is 15.4. The highest BCUT2D eigenvalue weighted by Gasteiger charge is 2.44. The maximum absolute atomic E-state index is 14.9. The molecule has 3 unspecified atom stereocenters. The molecule has 5 rings (SSSR count). The standard InChI is InChI=1S/C28H27FO3/c1-16-4-3-5-17(2)26(16)21-12-13-25(29)27-19(8-11-22(21)27)15-32-20-9-6-18(7-10-20)23-14-24(23)28(30)31/h3-7,9-10,12-13,19,23-24H,8,11,14-15H2,1-2H3,(H,30,31). The van der Waals surface area contributed by atoms with Gasteiger partial charge in [0.05, 0.1) is 12.5 Å². The average molecular weight is 431 g/mol. The molecule has 0 spiro atoms. The van der Waals surface area contributed by atoms with E-state index in [-0.39, 0.29) is 23.6 Å². The molecule has 0 heterocycles. The molecule has 1 fully saturated rings. The van der Waals surface area contributed by atoms with Gasteiger partial charge in [0.2, 0.25) is 0 Å². The number of aryl methyl sites for hydroxylation is 2. The number of carbonyl (C=O) groups is 1. The predicted octanol–water partition coefficient (Wildman–Crippen LogP) is 6.41. The molecule has 2 aliphatic rings. The van der Waals surface area contributed by atoms with Gasteiger partial charge in [0.1, 0.15) is 11.6 Å². The summed E-state index contributed by atoms with van der Waals surface area (Å²) in [6, 6.07) is 17.5. The van der Waals surface area contributed by atoms with E-state index < -0.39 is 5.97 Å². The number of ether oxygens (including phenoxy) is 1. The molecule has 3 aromatic rings. The van der Waals surface area contributed by atoms with Crippen LogP contribution in [0.5, 0.6) is 5.75 Å². The number of benzene rings is 3. The Morgan fingerprint density at radius 2 is 1.78 bits per heavy atom. The van der Waals surface area contributed by atoms with Gasteiger partial charge >= 0.3 is 5.97 Å². The second-order valence-corrected chi connectivity index (χ2v) is 9.16. The van der Waals surface area contributed by atoms with E-state index in [4.69, 9.17) is 9.84 Å². The van der Waals surface area contributed by atoms with Crippen LogP contribution >= 0.6 is 0 Å². The molecular weight excluding hydrogens is 403 g/mol. The second-order valence-electron chi connectivity index (χ2n) is 9.16. The third kappa shape index (κ3) is 3.68. The van der Waals surface area contributed by atoms with Crippen LogP contribution in [0.1, 0.15) is 52.5 Å². The Bertz CT molecular complexity index is 1160. The predicted molar refractivity (Wildman–Crippen MR) is 123 cm³/mol. The molecule has 0 aliphatic heterocycles. The molecule has 2 aliphatic carbocycles. The van der Waals surface area contributed by atoms with Gasteiger partial charge in [0, 0.05) is 5.92 Å². The number of rotatable bonds is 6. The summed E-state index contributed by atoms with van der Waals surface area (Å²) in [5.74, 6) is -0.260. The molecular formula is C28H27FO3. The topological polar surface area (TPSA) is 46.5 Å². The van der Waals surface area contributed by atoms with Crippen molar-refractivity contribution >= 4 is 5.97 Å². The minimum absolute atomic E-state index is 0.0220. The van der Waals surface area contributed by atoms with E-state index in [0.717, 1.165) is 40.8 Å². The Morgan fingerprint density at radius 1 is 1.06 bits per heavy atom. The Labute approximate surface area is 187 Å². The zero-order valence-electron chi connectivity index (χ0n) is 18.4. The van der Waals surface area contributed by atoms with E-state index in [9.17, 15) is 9.18 Å². The third-order valence-corrected chi connectivity index (χ3v) is 7.07. The number of carboxylic acid groups (broad SMARTS) is 1. The molecule has 1 saturated carbocycles. The van der Waals surface area contributed by atoms with Gasteiger partial charge in [-0.25, -0.2) is 4.39 Å². The number of fused-ring (bicyclic) bond motifs is 1. The lowest BCUT2D eigenvalue weighted by Gasteiger charge is -2.17. The molecule has 3 atom stereocenters. The van der Waals surface area contributed by atoms with Gasteiger partial charge in [0.15, 0.2) is 0 Å². The van der Waals surface area contributed by atoms with Crippen LogP contribution in [-0.4, -0.2) is 17.7 Å². The lowest BCUT2D eigenvalue weighted by Crippen LogP contribution is -2.09. The summed E-state index contributed by atoms with van der Waals surface area (Å²) in [4.78, 5) is 11.1. The average Bonchev–Trinajstić information content (AvgIpc) is 3.47. The van der Waals surface area contributed by atoms with Crippen LogP contribution in [0.15, 0.2) is 54.6 Å². The zero-order chi connectivity index (χ0) is 22.4. The largest absolute Gasteiger partial charge is 0.493 e. The molecule has 0 aromatic heterocycles. The first-order valence-corrected chi connectivity index (χ1v) is 11.3. The SMILES string of the molecule is Cc1cccc(C)c1-c1ccc(F)c2c1CCC2COc1ccc(C2CC2C(=O)O)cc1. The molecule has 0 radical (unpaired) electrons. The van der Waals surface area contributed by atoms with E-state index in [0.29, 0.717) is 13.0 Å². The van der Waals surface area contributed by atoms with Crippen molar-refractivity contribution in [2.24, 2.45) is 5.92 Å². The fourth-order valence-corrected chi connectivity index (χ4v) is 5.29. The van der Waals surface area contributed by atoms with E-state index in [1.54, 1.807) is 6.07 Å². The van der Waals surface area contributed by atoms with Crippen molar-refractivity contribution in [1.29, 1.82) is 0 Å². The van der Waals surface area contributed by atoms with Gasteiger partial charge in [-0.1, -0.05) is 36.4 Å². The number of hydrogen-bond donors (Lipinski definition) is 1.